The third kappa shape index (κ3) is 8.70. The van der Waals surface area contributed by atoms with Gasteiger partial charge in [0.25, 0.3) is 0 Å². The Morgan fingerprint density at radius 1 is 0.812 bits per heavy atom. The van der Waals surface area contributed by atoms with Crippen molar-refractivity contribution < 1.29 is 28.2 Å². The average molecular weight is 470 g/mol. The fraction of sp³-hybridized carbons (Fsp3) is 0.273. The van der Waals surface area contributed by atoms with Crippen LogP contribution in [0.4, 0.5) is 13.2 Å². The van der Waals surface area contributed by atoms with Crippen LogP contribution < -0.4 is 0 Å². The van der Waals surface area contributed by atoms with Crippen molar-refractivity contribution in [2.75, 3.05) is 0 Å². The van der Waals surface area contributed by atoms with Crippen molar-refractivity contribution in [3.63, 3.8) is 0 Å². The average Bonchev–Trinajstić information content (AvgIpc) is 2.81. The predicted molar refractivity (Wildman–Crippen MR) is 114 cm³/mol. The summed E-state index contributed by atoms with van der Waals surface area (Å²) in [5.41, 5.74) is 2.05. The van der Waals surface area contributed by atoms with Crippen LogP contribution in [0.1, 0.15) is 46.7 Å². The highest BCUT2D eigenvalue weighted by molar-refractivity contribution is 6.29. The number of aldehydes is 1. The molecule has 0 fully saturated rings. The number of aryl methyl sites for hydroxylation is 2. The highest BCUT2D eigenvalue weighted by Gasteiger charge is 2.02. The van der Waals surface area contributed by atoms with Gasteiger partial charge in [0.2, 0.25) is 0 Å². The molecule has 0 radical (unpaired) electrons. The van der Waals surface area contributed by atoms with E-state index < -0.39 is 11.6 Å². The second-order valence-corrected chi connectivity index (χ2v) is 6.58. The lowest BCUT2D eigenvalue weighted by Gasteiger charge is -1.99. The van der Waals surface area contributed by atoms with E-state index in [4.69, 9.17) is 21.8 Å². The van der Waals surface area contributed by atoms with Crippen LogP contribution in [0.25, 0.3) is 0 Å². The summed E-state index contributed by atoms with van der Waals surface area (Å²) in [4.78, 5) is 21.2. The molecule has 0 aliphatic heterocycles. The summed E-state index contributed by atoms with van der Waals surface area (Å²) in [6.07, 6.45) is 5.89. The van der Waals surface area contributed by atoms with Gasteiger partial charge >= 0.3 is 0 Å². The van der Waals surface area contributed by atoms with Crippen LogP contribution in [-0.2, 0) is 26.1 Å². The molecule has 0 spiro atoms. The van der Waals surface area contributed by atoms with Crippen molar-refractivity contribution in [3.8, 4) is 0 Å². The molecule has 3 aromatic rings. The number of rotatable bonds is 5. The van der Waals surface area contributed by atoms with E-state index in [-0.39, 0.29) is 29.7 Å². The topological polar surface area (TPSA) is 96.2 Å². The number of aliphatic hydroxyl groups excluding tert-OH is 2. The van der Waals surface area contributed by atoms with Gasteiger partial charge in [-0.25, -0.2) is 18.2 Å². The fourth-order valence-corrected chi connectivity index (χ4v) is 2.31. The highest BCUT2D eigenvalue weighted by Crippen LogP contribution is 2.11. The first-order valence-corrected chi connectivity index (χ1v) is 9.91. The van der Waals surface area contributed by atoms with E-state index in [1.54, 1.807) is 0 Å². The maximum atomic E-state index is 12.9. The normalized spacial score (nSPS) is 9.88. The second-order valence-electron chi connectivity index (χ2n) is 6.23. The van der Waals surface area contributed by atoms with Crippen LogP contribution in [0, 0.1) is 17.5 Å². The third-order valence-corrected chi connectivity index (χ3v) is 4.21. The molecule has 0 aromatic carbocycles. The zero-order valence-electron chi connectivity index (χ0n) is 17.5. The molecule has 32 heavy (non-hydrogen) atoms. The van der Waals surface area contributed by atoms with Crippen molar-refractivity contribution in [3.05, 3.63) is 87.5 Å². The summed E-state index contributed by atoms with van der Waals surface area (Å²) < 4.78 is 38.1. The van der Waals surface area contributed by atoms with E-state index in [2.05, 4.69) is 15.0 Å². The molecular weight excluding hydrogens is 447 g/mol. The summed E-state index contributed by atoms with van der Waals surface area (Å²) in [5, 5.41) is 17.0. The van der Waals surface area contributed by atoms with E-state index in [9.17, 15) is 18.0 Å². The number of halogens is 4. The molecule has 3 rings (SSSR count). The van der Waals surface area contributed by atoms with Crippen molar-refractivity contribution in [2.45, 2.75) is 39.9 Å². The van der Waals surface area contributed by atoms with Crippen LogP contribution in [0.15, 0.2) is 36.8 Å². The molecule has 3 heterocycles. The molecule has 0 unspecified atom stereocenters. The number of aromatic nitrogens is 3. The zero-order chi connectivity index (χ0) is 24.1. The number of nitrogens with zero attached hydrogens (tertiary/aromatic N) is 3. The minimum absolute atomic E-state index is 0.159. The van der Waals surface area contributed by atoms with Crippen LogP contribution in [0.3, 0.4) is 0 Å². The zero-order valence-corrected chi connectivity index (χ0v) is 18.3. The molecule has 10 heteroatoms. The SMILES string of the molecule is CCc1ncc(C=O)cc1F.CCc1ncc(CO)cc1F.OCc1cnc(Cl)c(F)c1. The van der Waals surface area contributed by atoms with Gasteiger partial charge in [0.15, 0.2) is 17.3 Å². The van der Waals surface area contributed by atoms with Gasteiger partial charge in [0.1, 0.15) is 11.6 Å². The molecule has 3 aromatic heterocycles. The Balaban J connectivity index is 0.000000240. The standard InChI is InChI=1S/C8H10FNO.C8H8FNO.C6H5ClFNO/c2*1-2-8-7(9)3-6(5-11)4-10-8;7-6-5(8)1-4(3-10)2-9-6/h3-4,11H,2,5H2,1H3;3-5H,2H2,1H3;1-2,10H,3H2. The number of carbonyl (C=O) groups excluding carboxylic acids is 1. The largest absolute Gasteiger partial charge is 0.392 e. The minimum atomic E-state index is -0.604. The number of hydrogen-bond acceptors (Lipinski definition) is 6. The van der Waals surface area contributed by atoms with Gasteiger partial charge in [0, 0.05) is 24.2 Å². The van der Waals surface area contributed by atoms with Crippen LogP contribution in [-0.4, -0.2) is 31.5 Å². The predicted octanol–water partition coefficient (Wildman–Crippen LogP) is 4.24. The Hall–Kier alpha value is -2.88. The van der Waals surface area contributed by atoms with Gasteiger partial charge < -0.3 is 10.2 Å². The fourth-order valence-electron chi connectivity index (χ4n) is 2.21. The van der Waals surface area contributed by atoms with Crippen molar-refractivity contribution in [1.29, 1.82) is 0 Å². The lowest BCUT2D eigenvalue weighted by Crippen LogP contribution is -1.95. The van der Waals surface area contributed by atoms with Gasteiger partial charge in [0.05, 0.1) is 24.6 Å². The van der Waals surface area contributed by atoms with Crippen molar-refractivity contribution in [1.82, 2.24) is 15.0 Å². The number of hydrogen-bond donors (Lipinski definition) is 2. The first kappa shape index (κ1) is 27.2. The Bertz CT molecular complexity index is 1020. The minimum Gasteiger partial charge on any atom is -0.392 e. The van der Waals surface area contributed by atoms with Crippen LogP contribution >= 0.6 is 11.6 Å². The van der Waals surface area contributed by atoms with E-state index in [1.807, 2.05) is 13.8 Å². The van der Waals surface area contributed by atoms with Crippen LogP contribution in [0.5, 0.6) is 0 Å². The molecule has 2 N–H and O–H groups in total. The number of pyridine rings is 3. The van der Waals surface area contributed by atoms with E-state index in [0.29, 0.717) is 41.6 Å². The molecule has 0 aliphatic rings. The smallest absolute Gasteiger partial charge is 0.164 e. The van der Waals surface area contributed by atoms with Crippen molar-refractivity contribution >= 4 is 17.9 Å². The molecular formula is C22H23ClF3N3O3. The summed E-state index contributed by atoms with van der Waals surface area (Å²) in [5.74, 6) is -1.34. The summed E-state index contributed by atoms with van der Waals surface area (Å²) in [7, 11) is 0. The Morgan fingerprint density at radius 3 is 1.69 bits per heavy atom. The molecule has 0 atom stereocenters. The van der Waals surface area contributed by atoms with Crippen molar-refractivity contribution in [2.24, 2.45) is 0 Å². The van der Waals surface area contributed by atoms with E-state index in [0.717, 1.165) is 6.07 Å². The summed E-state index contributed by atoms with van der Waals surface area (Å²) in [6.45, 7) is 3.27. The van der Waals surface area contributed by atoms with Gasteiger partial charge in [-0.3, -0.25) is 14.8 Å². The monoisotopic (exact) mass is 469 g/mol. The van der Waals surface area contributed by atoms with E-state index >= 15 is 0 Å². The number of carbonyl (C=O) groups is 1. The molecule has 0 saturated carbocycles. The van der Waals surface area contributed by atoms with Gasteiger partial charge in [-0.1, -0.05) is 25.4 Å². The van der Waals surface area contributed by atoms with Gasteiger partial charge in [-0.2, -0.15) is 0 Å². The first-order valence-electron chi connectivity index (χ1n) is 9.53. The van der Waals surface area contributed by atoms with Gasteiger partial charge in [-0.15, -0.1) is 0 Å². The molecule has 0 bridgehead atoms. The second kappa shape index (κ2) is 14.2. The van der Waals surface area contributed by atoms with E-state index in [1.165, 1.54) is 30.7 Å². The Kier molecular flexibility index (Phi) is 12.1. The Labute approximate surface area is 188 Å². The summed E-state index contributed by atoms with van der Waals surface area (Å²) >= 11 is 5.27. The maximum absolute atomic E-state index is 12.9. The Morgan fingerprint density at radius 2 is 1.28 bits per heavy atom. The number of aliphatic hydroxyl groups is 2. The van der Waals surface area contributed by atoms with Crippen LogP contribution in [0.2, 0.25) is 5.15 Å². The summed E-state index contributed by atoms with van der Waals surface area (Å²) in [6, 6.07) is 3.65. The molecule has 0 amide bonds. The quantitative estimate of drug-likeness (QED) is 0.428. The molecule has 0 saturated heterocycles. The first-order chi connectivity index (χ1) is 15.3. The van der Waals surface area contributed by atoms with Gasteiger partial charge in [-0.05, 0) is 42.2 Å². The maximum Gasteiger partial charge on any atom is 0.164 e. The molecule has 0 aliphatic carbocycles. The molecule has 172 valence electrons. The lowest BCUT2D eigenvalue weighted by molar-refractivity contribution is 0.112. The lowest BCUT2D eigenvalue weighted by atomic mass is 10.2. The highest BCUT2D eigenvalue weighted by atomic mass is 35.5. The molecule has 6 nitrogen and oxygen atoms in total. The third-order valence-electron chi connectivity index (χ3n) is 3.94.